The van der Waals surface area contributed by atoms with E-state index in [1.54, 1.807) is 26.0 Å². The highest BCUT2D eigenvalue weighted by Gasteiger charge is 2.56. The standard InChI is InChI=1S/C16H17Cl3O5/c1-7(20)12-13(14-15(22-12)24-16(2,3)23-14)21-6-8-4-5-9(17)11(19)10(8)18/h4-5,12-15H,6H2,1-3H3/t12-,13+,14-,15-/m1/s1. The van der Waals surface area contributed by atoms with E-state index in [-0.39, 0.29) is 17.4 Å². The summed E-state index contributed by atoms with van der Waals surface area (Å²) in [5, 5.41) is 0.957. The molecule has 0 aliphatic carbocycles. The van der Waals surface area contributed by atoms with Crippen LogP contribution in [-0.2, 0) is 30.3 Å². The van der Waals surface area contributed by atoms with Gasteiger partial charge in [0.05, 0.1) is 21.7 Å². The molecule has 0 N–H and O–H groups in total. The summed E-state index contributed by atoms with van der Waals surface area (Å²) in [6.07, 6.45) is -2.48. The van der Waals surface area contributed by atoms with Crippen LogP contribution in [0.5, 0.6) is 0 Å². The van der Waals surface area contributed by atoms with Gasteiger partial charge >= 0.3 is 0 Å². The number of ketones is 1. The smallest absolute Gasteiger partial charge is 0.190 e. The van der Waals surface area contributed by atoms with Gasteiger partial charge in [0.15, 0.2) is 17.9 Å². The zero-order valence-corrected chi connectivity index (χ0v) is 15.6. The van der Waals surface area contributed by atoms with Gasteiger partial charge in [-0.2, -0.15) is 0 Å². The lowest BCUT2D eigenvalue weighted by atomic mass is 10.1. The van der Waals surface area contributed by atoms with Gasteiger partial charge in [-0.1, -0.05) is 40.9 Å². The lowest BCUT2D eigenvalue weighted by Gasteiger charge is -2.25. The molecular formula is C16H17Cl3O5. The number of ether oxygens (including phenoxy) is 4. The Morgan fingerprint density at radius 1 is 1.21 bits per heavy atom. The van der Waals surface area contributed by atoms with Crippen LogP contribution in [0.25, 0.3) is 0 Å². The molecule has 4 atom stereocenters. The van der Waals surface area contributed by atoms with Crippen molar-refractivity contribution in [2.75, 3.05) is 0 Å². The van der Waals surface area contributed by atoms with Crippen LogP contribution < -0.4 is 0 Å². The average molecular weight is 396 g/mol. The van der Waals surface area contributed by atoms with Crippen LogP contribution in [0.1, 0.15) is 26.3 Å². The minimum Gasteiger partial charge on any atom is -0.367 e. The molecular weight excluding hydrogens is 379 g/mol. The maximum atomic E-state index is 11.8. The zero-order chi connectivity index (χ0) is 17.6. The van der Waals surface area contributed by atoms with Crippen LogP contribution in [0, 0.1) is 0 Å². The summed E-state index contributed by atoms with van der Waals surface area (Å²) in [5.74, 6) is -0.945. The fourth-order valence-corrected chi connectivity index (χ4v) is 3.46. The van der Waals surface area contributed by atoms with Crippen LogP contribution >= 0.6 is 34.8 Å². The Kier molecular flexibility index (Phi) is 5.15. The predicted octanol–water partition coefficient (Wildman–Crippen LogP) is 4.00. The molecule has 2 saturated heterocycles. The summed E-state index contributed by atoms with van der Waals surface area (Å²) >= 11 is 18.2. The molecule has 5 nitrogen and oxygen atoms in total. The van der Waals surface area contributed by atoms with Crippen molar-refractivity contribution < 1.29 is 23.7 Å². The van der Waals surface area contributed by atoms with Crippen LogP contribution in [-0.4, -0.2) is 36.2 Å². The summed E-state index contributed by atoms with van der Waals surface area (Å²) in [4.78, 5) is 11.8. The van der Waals surface area contributed by atoms with Crippen LogP contribution in [0.4, 0.5) is 0 Å². The molecule has 2 heterocycles. The molecule has 1 aromatic rings. The van der Waals surface area contributed by atoms with Crippen LogP contribution in [0.15, 0.2) is 12.1 Å². The maximum Gasteiger partial charge on any atom is 0.190 e. The predicted molar refractivity (Wildman–Crippen MR) is 89.4 cm³/mol. The molecule has 8 heteroatoms. The van der Waals surface area contributed by atoms with E-state index in [4.69, 9.17) is 53.8 Å². The molecule has 0 spiro atoms. The summed E-state index contributed by atoms with van der Waals surface area (Å²) in [7, 11) is 0. The highest BCUT2D eigenvalue weighted by Crippen LogP contribution is 2.40. The lowest BCUT2D eigenvalue weighted by molar-refractivity contribution is -0.218. The fourth-order valence-electron chi connectivity index (χ4n) is 2.85. The monoisotopic (exact) mass is 394 g/mol. The Hall–Kier alpha value is -0.400. The maximum absolute atomic E-state index is 11.8. The topological polar surface area (TPSA) is 54.0 Å². The Balaban J connectivity index is 1.77. The number of benzene rings is 1. The third-order valence-electron chi connectivity index (χ3n) is 3.94. The first-order valence-corrected chi connectivity index (χ1v) is 8.58. The third-order valence-corrected chi connectivity index (χ3v) is 5.27. The van der Waals surface area contributed by atoms with Gasteiger partial charge in [-0.25, -0.2) is 0 Å². The Labute approximate surface area is 155 Å². The van der Waals surface area contributed by atoms with Crippen molar-refractivity contribution >= 4 is 40.6 Å². The van der Waals surface area contributed by atoms with Gasteiger partial charge in [0.25, 0.3) is 0 Å². The second-order valence-corrected chi connectivity index (χ2v) is 7.41. The number of Topliss-reactive ketones (excluding diaryl/α,β-unsaturated/α-hetero) is 1. The molecule has 132 valence electrons. The molecule has 3 rings (SSSR count). The van der Waals surface area contributed by atoms with Gasteiger partial charge in [0.1, 0.15) is 18.3 Å². The largest absolute Gasteiger partial charge is 0.367 e. The lowest BCUT2D eigenvalue weighted by Crippen LogP contribution is -2.39. The number of carbonyl (C=O) groups excluding carboxylic acids is 1. The molecule has 0 amide bonds. The molecule has 0 saturated carbocycles. The molecule has 2 aliphatic rings. The first kappa shape index (κ1) is 18.4. The second kappa shape index (κ2) is 6.72. The van der Waals surface area contributed by atoms with E-state index in [0.29, 0.717) is 15.6 Å². The first-order chi connectivity index (χ1) is 11.2. The van der Waals surface area contributed by atoms with E-state index in [0.717, 1.165) is 0 Å². The quantitative estimate of drug-likeness (QED) is 0.721. The van der Waals surface area contributed by atoms with Gasteiger partial charge in [-0.3, -0.25) is 4.79 Å². The van der Waals surface area contributed by atoms with Crippen molar-refractivity contribution in [1.82, 2.24) is 0 Å². The number of fused-ring (bicyclic) bond motifs is 1. The Bertz CT molecular complexity index is 663. The minimum atomic E-state index is -0.792. The van der Waals surface area contributed by atoms with Crippen molar-refractivity contribution in [3.05, 3.63) is 32.8 Å². The summed E-state index contributed by atoms with van der Waals surface area (Å²) in [6.45, 7) is 5.15. The SMILES string of the molecule is CC(=O)[C@H]1O[C@@H]2OC(C)(C)O[C@@H]2[C@H]1OCc1ccc(Cl)c(Cl)c1Cl. The van der Waals surface area contributed by atoms with Gasteiger partial charge < -0.3 is 18.9 Å². The van der Waals surface area contributed by atoms with Gasteiger partial charge in [0.2, 0.25) is 0 Å². The molecule has 2 aliphatic heterocycles. The zero-order valence-electron chi connectivity index (χ0n) is 13.3. The first-order valence-electron chi connectivity index (χ1n) is 7.45. The molecule has 2 fully saturated rings. The van der Waals surface area contributed by atoms with Crippen LogP contribution in [0.2, 0.25) is 15.1 Å². The Morgan fingerprint density at radius 3 is 2.58 bits per heavy atom. The van der Waals surface area contributed by atoms with Crippen molar-refractivity contribution in [2.45, 2.75) is 57.8 Å². The number of hydrogen-bond donors (Lipinski definition) is 0. The summed E-state index contributed by atoms with van der Waals surface area (Å²) in [5.41, 5.74) is 0.662. The number of rotatable bonds is 4. The molecule has 1 aromatic carbocycles. The van der Waals surface area contributed by atoms with Crippen LogP contribution in [0.3, 0.4) is 0 Å². The summed E-state index contributed by atoms with van der Waals surface area (Å²) in [6, 6.07) is 3.37. The van der Waals surface area contributed by atoms with Gasteiger partial charge in [0, 0.05) is 0 Å². The number of halogens is 3. The number of hydrogen-bond acceptors (Lipinski definition) is 5. The second-order valence-electron chi connectivity index (χ2n) is 6.25. The van der Waals surface area contributed by atoms with E-state index < -0.39 is 30.4 Å². The molecule has 0 bridgehead atoms. The summed E-state index contributed by atoms with van der Waals surface area (Å²) < 4.78 is 23.0. The van der Waals surface area contributed by atoms with Gasteiger partial charge in [-0.15, -0.1) is 0 Å². The normalized spacial score (nSPS) is 31.2. The number of carbonyl (C=O) groups is 1. The molecule has 24 heavy (non-hydrogen) atoms. The highest BCUT2D eigenvalue weighted by atomic mass is 35.5. The molecule has 0 radical (unpaired) electrons. The minimum absolute atomic E-state index is 0.139. The van der Waals surface area contributed by atoms with E-state index in [1.165, 1.54) is 6.92 Å². The van der Waals surface area contributed by atoms with Crippen molar-refractivity contribution in [3.8, 4) is 0 Å². The van der Waals surface area contributed by atoms with E-state index in [1.807, 2.05) is 0 Å². The molecule has 0 aromatic heterocycles. The van der Waals surface area contributed by atoms with Crippen molar-refractivity contribution in [1.29, 1.82) is 0 Å². The Morgan fingerprint density at radius 2 is 1.92 bits per heavy atom. The highest BCUT2D eigenvalue weighted by molar-refractivity contribution is 6.48. The van der Waals surface area contributed by atoms with Crippen molar-refractivity contribution in [2.24, 2.45) is 0 Å². The average Bonchev–Trinajstić information content (AvgIpc) is 2.96. The van der Waals surface area contributed by atoms with E-state index in [2.05, 4.69) is 0 Å². The third kappa shape index (κ3) is 3.44. The fraction of sp³-hybridized carbons (Fsp3) is 0.562. The van der Waals surface area contributed by atoms with E-state index in [9.17, 15) is 4.79 Å². The van der Waals surface area contributed by atoms with Gasteiger partial charge in [-0.05, 0) is 32.4 Å². The van der Waals surface area contributed by atoms with E-state index >= 15 is 0 Å². The molecule has 0 unspecified atom stereocenters. The van der Waals surface area contributed by atoms with Crippen molar-refractivity contribution in [3.63, 3.8) is 0 Å².